The van der Waals surface area contributed by atoms with Gasteiger partial charge in [-0.2, -0.15) is 13.2 Å². The first kappa shape index (κ1) is 17.2. The summed E-state index contributed by atoms with van der Waals surface area (Å²) in [4.78, 5) is 13.7. The molecule has 1 aromatic rings. The second-order valence-corrected chi connectivity index (χ2v) is 6.47. The van der Waals surface area contributed by atoms with Gasteiger partial charge in [-0.1, -0.05) is 12.1 Å². The monoisotopic (exact) mass is 345 g/mol. The van der Waals surface area contributed by atoms with Crippen molar-refractivity contribution >= 4 is 5.91 Å². The minimum Gasteiger partial charge on any atom is -0.375 e. The Morgan fingerprint density at radius 3 is 2.67 bits per heavy atom. The molecular formula is C17H19F4NO2. The Hall–Kier alpha value is -1.63. The lowest BCUT2D eigenvalue weighted by Gasteiger charge is -2.27. The number of ether oxygens (including phenoxy) is 1. The molecule has 2 saturated heterocycles. The Labute approximate surface area is 137 Å². The predicted molar refractivity (Wildman–Crippen MR) is 78.6 cm³/mol. The van der Waals surface area contributed by atoms with Gasteiger partial charge in [-0.25, -0.2) is 4.39 Å². The van der Waals surface area contributed by atoms with Crippen molar-refractivity contribution in [3.8, 4) is 0 Å². The smallest absolute Gasteiger partial charge is 0.375 e. The minimum absolute atomic E-state index is 0.209. The number of alkyl halides is 3. The lowest BCUT2D eigenvalue weighted by molar-refractivity contribution is -0.142. The van der Waals surface area contributed by atoms with Crippen molar-refractivity contribution in [1.82, 2.24) is 4.90 Å². The highest BCUT2D eigenvalue weighted by atomic mass is 19.4. The van der Waals surface area contributed by atoms with Crippen LogP contribution in [0.25, 0.3) is 0 Å². The van der Waals surface area contributed by atoms with Gasteiger partial charge in [0.2, 0.25) is 5.91 Å². The molecule has 0 saturated carbocycles. The highest BCUT2D eigenvalue weighted by Gasteiger charge is 2.40. The Morgan fingerprint density at radius 2 is 2.00 bits per heavy atom. The van der Waals surface area contributed by atoms with Crippen LogP contribution in [0.2, 0.25) is 0 Å². The van der Waals surface area contributed by atoms with Crippen LogP contribution >= 0.6 is 0 Å². The molecule has 1 aromatic carbocycles. The third kappa shape index (κ3) is 3.41. The van der Waals surface area contributed by atoms with Crippen molar-refractivity contribution in [2.75, 3.05) is 13.2 Å². The van der Waals surface area contributed by atoms with Gasteiger partial charge in [0.05, 0.1) is 11.2 Å². The van der Waals surface area contributed by atoms with Crippen molar-refractivity contribution < 1.29 is 27.1 Å². The van der Waals surface area contributed by atoms with Crippen LogP contribution in [0.4, 0.5) is 17.6 Å². The van der Waals surface area contributed by atoms with E-state index in [4.69, 9.17) is 4.74 Å². The Bertz CT molecular complexity index is 624. The highest BCUT2D eigenvalue weighted by molar-refractivity contribution is 5.76. The van der Waals surface area contributed by atoms with Gasteiger partial charge < -0.3 is 9.64 Å². The zero-order valence-corrected chi connectivity index (χ0v) is 13.2. The van der Waals surface area contributed by atoms with Crippen LogP contribution in [0.15, 0.2) is 18.2 Å². The van der Waals surface area contributed by atoms with E-state index >= 15 is 0 Å². The van der Waals surface area contributed by atoms with Crippen LogP contribution in [0, 0.1) is 5.82 Å². The molecule has 24 heavy (non-hydrogen) atoms. The number of benzene rings is 1. The van der Waals surface area contributed by atoms with Crippen molar-refractivity contribution in [3.63, 3.8) is 0 Å². The summed E-state index contributed by atoms with van der Waals surface area (Å²) >= 11 is 0. The number of carbonyl (C=O) groups is 1. The molecule has 0 radical (unpaired) electrons. The molecule has 132 valence electrons. The van der Waals surface area contributed by atoms with Crippen LogP contribution in [0.1, 0.15) is 43.2 Å². The maximum Gasteiger partial charge on any atom is 0.419 e. The lowest BCUT2D eigenvalue weighted by atomic mass is 9.92. The Balaban J connectivity index is 1.81. The highest BCUT2D eigenvalue weighted by Crippen LogP contribution is 2.38. The molecule has 2 fully saturated rings. The number of hydrogen-bond donors (Lipinski definition) is 0. The third-order valence-corrected chi connectivity index (χ3v) is 4.91. The average Bonchev–Trinajstić information content (AvgIpc) is 2.91. The van der Waals surface area contributed by atoms with E-state index < -0.39 is 17.6 Å². The fourth-order valence-electron chi connectivity index (χ4n) is 3.62. The van der Waals surface area contributed by atoms with Crippen LogP contribution in [0.5, 0.6) is 0 Å². The molecule has 0 aliphatic carbocycles. The topological polar surface area (TPSA) is 29.5 Å². The van der Waals surface area contributed by atoms with Gasteiger partial charge >= 0.3 is 6.18 Å². The first-order chi connectivity index (χ1) is 11.3. The van der Waals surface area contributed by atoms with E-state index in [2.05, 4.69) is 0 Å². The number of rotatable bonds is 2. The molecule has 0 unspecified atom stereocenters. The second kappa shape index (κ2) is 6.35. The predicted octanol–water partition coefficient (Wildman–Crippen LogP) is 3.91. The van der Waals surface area contributed by atoms with E-state index in [1.807, 2.05) is 0 Å². The van der Waals surface area contributed by atoms with Gasteiger partial charge in [-0.05, 0) is 37.3 Å². The van der Waals surface area contributed by atoms with Gasteiger partial charge in [-0.15, -0.1) is 0 Å². The number of hydrogen-bond acceptors (Lipinski definition) is 2. The summed E-state index contributed by atoms with van der Waals surface area (Å²) in [6, 6.07) is 3.26. The number of amides is 1. The molecule has 0 aromatic heterocycles. The van der Waals surface area contributed by atoms with Crippen molar-refractivity contribution in [1.29, 1.82) is 0 Å². The summed E-state index contributed by atoms with van der Waals surface area (Å²) in [7, 11) is 0. The SMILES string of the molecule is O=C1CC[C@@]2(CCCO2)CCN1Cc1cccc(F)c1C(F)(F)F. The molecule has 0 N–H and O–H groups in total. The summed E-state index contributed by atoms with van der Waals surface area (Å²) in [6.07, 6.45) is -1.52. The number of nitrogens with zero attached hydrogens (tertiary/aromatic N) is 1. The quantitative estimate of drug-likeness (QED) is 0.761. The van der Waals surface area contributed by atoms with Crippen molar-refractivity contribution in [2.45, 2.75) is 50.4 Å². The van der Waals surface area contributed by atoms with Gasteiger partial charge in [0, 0.05) is 26.1 Å². The first-order valence-corrected chi connectivity index (χ1v) is 8.07. The zero-order chi connectivity index (χ0) is 17.4. The maximum atomic E-state index is 13.7. The van der Waals surface area contributed by atoms with Gasteiger partial charge in [0.25, 0.3) is 0 Å². The Morgan fingerprint density at radius 1 is 1.21 bits per heavy atom. The normalized spacial score (nSPS) is 25.3. The van der Waals surface area contributed by atoms with Crippen LogP contribution in [0.3, 0.4) is 0 Å². The van der Waals surface area contributed by atoms with E-state index in [0.29, 0.717) is 26.0 Å². The van der Waals surface area contributed by atoms with Crippen LogP contribution in [-0.2, 0) is 22.3 Å². The second-order valence-electron chi connectivity index (χ2n) is 6.47. The maximum absolute atomic E-state index is 13.7. The standard InChI is InChI=1S/C17H19F4NO2/c18-13-4-1-3-12(15(13)17(19,20)21)11-22-9-8-16(6-2-10-24-16)7-5-14(22)23/h1,3-4H,2,5-11H2/t16-/m0/s1. The van der Waals surface area contributed by atoms with E-state index in [1.165, 1.54) is 17.0 Å². The van der Waals surface area contributed by atoms with E-state index in [9.17, 15) is 22.4 Å². The summed E-state index contributed by atoms with van der Waals surface area (Å²) in [6.45, 7) is 0.754. The minimum atomic E-state index is -4.79. The average molecular weight is 345 g/mol. The molecule has 7 heteroatoms. The molecular weight excluding hydrogens is 326 g/mol. The van der Waals surface area contributed by atoms with Crippen molar-refractivity contribution in [3.05, 3.63) is 35.1 Å². The molecule has 3 rings (SSSR count). The molecule has 2 aliphatic rings. The lowest BCUT2D eigenvalue weighted by Crippen LogP contribution is -2.32. The van der Waals surface area contributed by atoms with Gasteiger partial charge in [0.1, 0.15) is 5.82 Å². The number of likely N-dealkylation sites (tertiary alicyclic amines) is 1. The Kier molecular flexibility index (Phi) is 4.55. The van der Waals surface area contributed by atoms with Crippen LogP contribution in [-0.4, -0.2) is 29.6 Å². The summed E-state index contributed by atoms with van der Waals surface area (Å²) < 4.78 is 58.8. The fraction of sp³-hybridized carbons (Fsp3) is 0.588. The molecule has 0 bridgehead atoms. The molecule has 1 spiro atoms. The molecule has 2 heterocycles. The summed E-state index contributed by atoms with van der Waals surface area (Å²) in [5, 5.41) is 0. The molecule has 1 amide bonds. The van der Waals surface area contributed by atoms with E-state index in [1.54, 1.807) is 0 Å². The van der Waals surface area contributed by atoms with Gasteiger partial charge in [0.15, 0.2) is 0 Å². The van der Waals surface area contributed by atoms with Crippen LogP contribution < -0.4 is 0 Å². The molecule has 2 aliphatic heterocycles. The van der Waals surface area contributed by atoms with Crippen molar-refractivity contribution in [2.24, 2.45) is 0 Å². The molecule has 3 nitrogen and oxygen atoms in total. The van der Waals surface area contributed by atoms with Gasteiger partial charge in [-0.3, -0.25) is 4.79 Å². The third-order valence-electron chi connectivity index (χ3n) is 4.91. The first-order valence-electron chi connectivity index (χ1n) is 8.07. The zero-order valence-electron chi connectivity index (χ0n) is 13.2. The summed E-state index contributed by atoms with van der Waals surface area (Å²) in [5.74, 6) is -1.52. The largest absolute Gasteiger partial charge is 0.419 e. The number of carbonyl (C=O) groups excluding carboxylic acids is 1. The fourth-order valence-corrected chi connectivity index (χ4v) is 3.62. The molecule has 1 atom stereocenters. The summed E-state index contributed by atoms with van der Waals surface area (Å²) in [5.41, 5.74) is -1.81. The number of halogens is 4. The van der Waals surface area contributed by atoms with E-state index in [-0.39, 0.29) is 30.0 Å². The van der Waals surface area contributed by atoms with E-state index in [0.717, 1.165) is 18.9 Å².